The Morgan fingerprint density at radius 3 is 2.42 bits per heavy atom. The summed E-state index contributed by atoms with van der Waals surface area (Å²) in [5.41, 5.74) is 1.25. The van der Waals surface area contributed by atoms with Crippen molar-refractivity contribution < 1.29 is 28.6 Å². The first-order valence-corrected chi connectivity index (χ1v) is 14.8. The second-order valence-electron chi connectivity index (χ2n) is 11.5. The third-order valence-corrected chi connectivity index (χ3v) is 8.59. The molecule has 1 aliphatic carbocycles. The van der Waals surface area contributed by atoms with Crippen LogP contribution in [0.25, 0.3) is 33.0 Å². The summed E-state index contributed by atoms with van der Waals surface area (Å²) in [6.45, 7) is 3.57. The molecular formula is C34H30FN3O7. The zero-order valence-corrected chi connectivity index (χ0v) is 24.2. The van der Waals surface area contributed by atoms with Crippen molar-refractivity contribution in [3.8, 4) is 22.6 Å². The minimum absolute atomic E-state index is 0.0876. The van der Waals surface area contributed by atoms with Crippen molar-refractivity contribution in [1.82, 2.24) is 9.47 Å². The first-order chi connectivity index (χ1) is 21.8. The number of anilines is 1. The number of aromatic hydroxyl groups is 1. The monoisotopic (exact) mass is 611 g/mol. The molecule has 2 aromatic heterocycles. The van der Waals surface area contributed by atoms with E-state index in [1.807, 2.05) is 9.47 Å². The normalized spacial score (nSPS) is 15.5. The van der Waals surface area contributed by atoms with E-state index in [9.17, 15) is 24.6 Å². The first-order valence-electron chi connectivity index (χ1n) is 14.8. The number of nitrogens with zero attached hydrogens (tertiary/aromatic N) is 3. The number of fused-ring (bicyclic) bond motifs is 2. The van der Waals surface area contributed by atoms with Gasteiger partial charge in [-0.1, -0.05) is 12.1 Å². The third-order valence-electron chi connectivity index (χ3n) is 8.59. The Morgan fingerprint density at radius 2 is 1.71 bits per heavy atom. The van der Waals surface area contributed by atoms with Gasteiger partial charge < -0.3 is 28.8 Å². The van der Waals surface area contributed by atoms with Gasteiger partial charge in [-0.25, -0.2) is 9.18 Å². The van der Waals surface area contributed by atoms with Gasteiger partial charge >= 0.3 is 5.97 Å². The Bertz CT molecular complexity index is 2060. The molecule has 1 aliphatic heterocycles. The Morgan fingerprint density at radius 1 is 0.956 bits per heavy atom. The van der Waals surface area contributed by atoms with Crippen LogP contribution in [0.2, 0.25) is 0 Å². The number of aromatic nitrogens is 1. The van der Waals surface area contributed by atoms with Crippen LogP contribution in [0.4, 0.5) is 10.1 Å². The van der Waals surface area contributed by atoms with E-state index in [0.717, 1.165) is 12.8 Å². The molecular weight excluding hydrogens is 581 g/mol. The highest BCUT2D eigenvalue weighted by Gasteiger charge is 2.28. The van der Waals surface area contributed by atoms with Crippen molar-refractivity contribution in [1.29, 1.82) is 0 Å². The second kappa shape index (κ2) is 11.4. The highest BCUT2D eigenvalue weighted by molar-refractivity contribution is 5.93. The summed E-state index contributed by atoms with van der Waals surface area (Å²) < 4.78 is 28.8. The Kier molecular flexibility index (Phi) is 7.25. The van der Waals surface area contributed by atoms with Gasteiger partial charge in [-0.2, -0.15) is 0 Å². The van der Waals surface area contributed by atoms with E-state index in [2.05, 4.69) is 4.90 Å². The molecule has 10 nitrogen and oxygen atoms in total. The van der Waals surface area contributed by atoms with E-state index < -0.39 is 17.2 Å². The Hall–Kier alpha value is -5.16. The Labute approximate surface area is 256 Å². The van der Waals surface area contributed by atoms with Crippen molar-refractivity contribution >= 4 is 33.5 Å². The van der Waals surface area contributed by atoms with Gasteiger partial charge in [0, 0.05) is 56.4 Å². The lowest BCUT2D eigenvalue weighted by Gasteiger charge is -2.36. The molecule has 0 atom stereocenters. The van der Waals surface area contributed by atoms with E-state index in [0.29, 0.717) is 78.4 Å². The maximum atomic E-state index is 15.3. The maximum absolute atomic E-state index is 15.3. The molecule has 2 N–H and O–H groups in total. The van der Waals surface area contributed by atoms with E-state index in [1.54, 1.807) is 36.4 Å². The van der Waals surface area contributed by atoms with E-state index >= 15 is 4.39 Å². The van der Waals surface area contributed by atoms with Gasteiger partial charge in [-0.15, -0.1) is 0 Å². The van der Waals surface area contributed by atoms with Crippen molar-refractivity contribution in [2.24, 2.45) is 0 Å². The SMILES string of the molecule is O=C(O)c1cn(C2CC2)c2cc(N3CCN(CCOc4ccc5c(=O)c(-c6ccc(O)cc6)coc5c4)CC3)c(F)cc2c1=O. The summed E-state index contributed by atoms with van der Waals surface area (Å²) in [4.78, 5) is 41.6. The fourth-order valence-corrected chi connectivity index (χ4v) is 5.95. The van der Waals surface area contributed by atoms with Crippen molar-refractivity contribution in [3.63, 3.8) is 0 Å². The third kappa shape index (κ3) is 5.51. The van der Waals surface area contributed by atoms with Gasteiger partial charge in [0.1, 0.15) is 41.3 Å². The van der Waals surface area contributed by atoms with Gasteiger partial charge in [0.25, 0.3) is 0 Å². The number of piperazine rings is 1. The van der Waals surface area contributed by atoms with Crippen LogP contribution >= 0.6 is 0 Å². The number of phenols is 1. The predicted octanol–water partition coefficient (Wildman–Crippen LogP) is 4.85. The zero-order chi connectivity index (χ0) is 31.2. The quantitative estimate of drug-likeness (QED) is 0.253. The topological polar surface area (TPSA) is 125 Å². The van der Waals surface area contributed by atoms with Crippen LogP contribution in [0, 0.1) is 5.82 Å². The van der Waals surface area contributed by atoms with Crippen molar-refractivity contribution in [2.45, 2.75) is 18.9 Å². The largest absolute Gasteiger partial charge is 0.508 e. The van der Waals surface area contributed by atoms with Crippen LogP contribution in [0.3, 0.4) is 0 Å². The maximum Gasteiger partial charge on any atom is 0.341 e. The molecule has 7 rings (SSSR count). The number of pyridine rings is 1. The summed E-state index contributed by atoms with van der Waals surface area (Å²) >= 11 is 0. The molecule has 0 spiro atoms. The molecule has 3 heterocycles. The molecule has 1 saturated carbocycles. The lowest BCUT2D eigenvalue weighted by Crippen LogP contribution is -2.47. The second-order valence-corrected chi connectivity index (χ2v) is 11.5. The number of carboxylic acid groups (broad SMARTS) is 1. The van der Waals surface area contributed by atoms with Crippen LogP contribution < -0.4 is 20.5 Å². The molecule has 5 aromatic rings. The number of carbonyl (C=O) groups is 1. The average Bonchev–Trinajstić information content (AvgIpc) is 3.88. The number of aromatic carboxylic acids is 1. The van der Waals surface area contributed by atoms with Gasteiger partial charge in [-0.05, 0) is 54.8 Å². The summed E-state index contributed by atoms with van der Waals surface area (Å²) in [5, 5.41) is 19.5. The van der Waals surface area contributed by atoms with E-state index in [-0.39, 0.29) is 28.2 Å². The highest BCUT2D eigenvalue weighted by atomic mass is 19.1. The number of ether oxygens (including phenoxy) is 1. The Balaban J connectivity index is 0.992. The molecule has 230 valence electrons. The van der Waals surface area contributed by atoms with Crippen LogP contribution in [-0.4, -0.2) is 65.0 Å². The number of halogens is 1. The zero-order valence-electron chi connectivity index (χ0n) is 24.2. The van der Waals surface area contributed by atoms with Gasteiger partial charge in [0.05, 0.1) is 22.2 Å². The van der Waals surface area contributed by atoms with E-state index in [1.165, 1.54) is 30.7 Å². The van der Waals surface area contributed by atoms with E-state index in [4.69, 9.17) is 9.15 Å². The molecule has 45 heavy (non-hydrogen) atoms. The summed E-state index contributed by atoms with van der Waals surface area (Å²) in [6.07, 6.45) is 4.58. The summed E-state index contributed by atoms with van der Waals surface area (Å²) in [6, 6.07) is 14.4. The lowest BCUT2D eigenvalue weighted by molar-refractivity contribution is 0.0694. The molecule has 0 bridgehead atoms. The number of benzene rings is 3. The minimum Gasteiger partial charge on any atom is -0.508 e. The van der Waals surface area contributed by atoms with Crippen LogP contribution in [0.15, 0.2) is 81.1 Å². The minimum atomic E-state index is -1.31. The molecule has 3 aromatic carbocycles. The highest BCUT2D eigenvalue weighted by Crippen LogP contribution is 2.38. The first kappa shape index (κ1) is 28.6. The molecule has 2 aliphatic rings. The molecule has 0 unspecified atom stereocenters. The van der Waals surface area contributed by atoms with Gasteiger partial charge in [0.15, 0.2) is 5.43 Å². The molecule has 11 heteroatoms. The van der Waals surface area contributed by atoms with Gasteiger partial charge in [-0.3, -0.25) is 14.5 Å². The molecule has 0 radical (unpaired) electrons. The van der Waals surface area contributed by atoms with Crippen molar-refractivity contribution in [3.05, 3.63) is 98.9 Å². The fourth-order valence-electron chi connectivity index (χ4n) is 5.95. The smallest absolute Gasteiger partial charge is 0.341 e. The predicted molar refractivity (Wildman–Crippen MR) is 167 cm³/mol. The van der Waals surface area contributed by atoms with Gasteiger partial charge in [0.2, 0.25) is 5.43 Å². The van der Waals surface area contributed by atoms with Crippen LogP contribution in [0.1, 0.15) is 29.2 Å². The number of phenolic OH excluding ortho intramolecular Hbond substituents is 1. The summed E-state index contributed by atoms with van der Waals surface area (Å²) in [5.74, 6) is -1.16. The molecule has 2 fully saturated rings. The van der Waals surface area contributed by atoms with Crippen LogP contribution in [0.5, 0.6) is 11.5 Å². The summed E-state index contributed by atoms with van der Waals surface area (Å²) in [7, 11) is 0. The number of carboxylic acids is 1. The van der Waals surface area contributed by atoms with Crippen LogP contribution in [-0.2, 0) is 0 Å². The molecule has 0 amide bonds. The number of hydrogen-bond acceptors (Lipinski definition) is 8. The average molecular weight is 612 g/mol. The molecule has 1 saturated heterocycles. The number of rotatable bonds is 8. The van der Waals surface area contributed by atoms with Crippen molar-refractivity contribution in [2.75, 3.05) is 44.2 Å². The number of hydrogen-bond donors (Lipinski definition) is 2. The lowest BCUT2D eigenvalue weighted by atomic mass is 10.1. The standard InChI is InChI=1S/C34H30FN3O7/c35-28-16-25-29(38(21-3-4-21)18-26(33(25)41)34(42)43)17-30(28)37-11-9-36(10-12-37)13-14-44-23-7-8-24-31(15-23)45-19-27(32(24)40)20-1-5-22(39)6-2-20/h1-2,5-8,15-19,21,39H,3-4,9-14H2,(H,42,43). The fraction of sp³-hybridized carbons (Fsp3) is 0.265.